The highest BCUT2D eigenvalue weighted by Gasteiger charge is 2.65. The van der Waals surface area contributed by atoms with E-state index >= 15 is 0 Å². The fourth-order valence-electron chi connectivity index (χ4n) is 7.38. The van der Waals surface area contributed by atoms with Crippen molar-refractivity contribution >= 4 is 5.97 Å². The highest BCUT2D eigenvalue weighted by Crippen LogP contribution is 2.66. The van der Waals surface area contributed by atoms with Crippen molar-refractivity contribution in [1.29, 1.82) is 0 Å². The second-order valence-corrected chi connectivity index (χ2v) is 11.3. The summed E-state index contributed by atoms with van der Waals surface area (Å²) in [5.41, 5.74) is 3.55. The molecule has 2 unspecified atom stereocenters. The number of carbonyl (C=O) groups is 1. The van der Waals surface area contributed by atoms with Gasteiger partial charge in [0.2, 0.25) is 0 Å². The number of cyclic esters (lactones) is 1. The van der Waals surface area contributed by atoms with E-state index in [-0.39, 0.29) is 22.7 Å². The van der Waals surface area contributed by atoms with E-state index in [1.165, 1.54) is 0 Å². The molecule has 3 rings (SSSR count). The van der Waals surface area contributed by atoms with Gasteiger partial charge in [-0.3, -0.25) is 0 Å². The topological polar surface area (TPSA) is 67.8 Å². The first kappa shape index (κ1) is 24.7. The highest BCUT2D eigenvalue weighted by atomic mass is 16.6. The van der Waals surface area contributed by atoms with Crippen molar-refractivity contribution < 1.29 is 19.5 Å². The van der Waals surface area contributed by atoms with Gasteiger partial charge in [0.1, 0.15) is 6.61 Å². The molecule has 3 aliphatic rings. The largest absolute Gasteiger partial charge is 0.458 e. The Kier molecular flexibility index (Phi) is 7.60. The zero-order chi connectivity index (χ0) is 22.9. The fourth-order valence-corrected chi connectivity index (χ4v) is 7.38. The molecular formula is C26H45NO4. The van der Waals surface area contributed by atoms with Crippen molar-refractivity contribution in [2.45, 2.75) is 104 Å². The lowest BCUT2D eigenvalue weighted by Crippen LogP contribution is -2.58. The Hall–Kier alpha value is -0.910. The van der Waals surface area contributed by atoms with Crippen molar-refractivity contribution in [2.24, 2.45) is 28.6 Å². The number of aliphatic hydroxyl groups is 1. The summed E-state index contributed by atoms with van der Waals surface area (Å²) in [7, 11) is 1.69. The number of esters is 1. The van der Waals surface area contributed by atoms with Crippen LogP contribution in [0.2, 0.25) is 0 Å². The lowest BCUT2D eigenvalue weighted by molar-refractivity contribution is -0.176. The van der Waals surface area contributed by atoms with Crippen LogP contribution in [0.5, 0.6) is 0 Å². The number of ether oxygens (including phenoxy) is 1. The van der Waals surface area contributed by atoms with Crippen molar-refractivity contribution in [3.05, 3.63) is 11.6 Å². The Morgan fingerprint density at radius 3 is 2.65 bits per heavy atom. The zero-order valence-electron chi connectivity index (χ0n) is 20.6. The lowest BCUT2D eigenvalue weighted by Gasteiger charge is -2.58. The quantitative estimate of drug-likeness (QED) is 0.366. The van der Waals surface area contributed by atoms with E-state index in [4.69, 9.17) is 9.57 Å². The Morgan fingerprint density at radius 2 is 2.06 bits per heavy atom. The molecule has 0 aromatic carbocycles. The molecule has 178 valence electrons. The van der Waals surface area contributed by atoms with Gasteiger partial charge >= 0.3 is 5.97 Å². The van der Waals surface area contributed by atoms with Crippen LogP contribution in [0.3, 0.4) is 0 Å². The summed E-state index contributed by atoms with van der Waals surface area (Å²) in [4.78, 5) is 16.9. The summed E-state index contributed by atoms with van der Waals surface area (Å²) in [6.45, 7) is 12.0. The molecule has 5 nitrogen and oxygen atoms in total. The summed E-state index contributed by atoms with van der Waals surface area (Å²) in [5.74, 6) is 0.831. The standard InChI is InChI=1S/C26H45NO4/c1-7-9-22-21(24(3,4)13-10-19(8-2)27-30-6)11-14-25(5)20(12-15-26(22,25)29)18-16-23(28)31-17-18/h16,19-22,27,29H,7-15,17H2,1-6H3/t19-,20+,21?,22?,25+,26-/m0/s1. The monoisotopic (exact) mass is 435 g/mol. The third-order valence-electron chi connectivity index (χ3n) is 9.30. The number of hydroxylamine groups is 1. The average molecular weight is 436 g/mol. The van der Waals surface area contributed by atoms with Crippen LogP contribution in [0.1, 0.15) is 92.4 Å². The number of rotatable bonds is 10. The molecule has 2 N–H and O–H groups in total. The maximum absolute atomic E-state index is 12.3. The second kappa shape index (κ2) is 9.52. The van der Waals surface area contributed by atoms with Crippen LogP contribution < -0.4 is 5.48 Å². The van der Waals surface area contributed by atoms with Crippen molar-refractivity contribution in [3.63, 3.8) is 0 Å². The molecule has 0 spiro atoms. The van der Waals surface area contributed by atoms with Gasteiger partial charge in [0, 0.05) is 17.5 Å². The van der Waals surface area contributed by atoms with E-state index in [0.29, 0.717) is 24.5 Å². The van der Waals surface area contributed by atoms with Gasteiger partial charge in [-0.1, -0.05) is 41.0 Å². The van der Waals surface area contributed by atoms with E-state index in [9.17, 15) is 9.90 Å². The molecule has 0 amide bonds. The van der Waals surface area contributed by atoms with Gasteiger partial charge in [-0.25, -0.2) is 4.79 Å². The van der Waals surface area contributed by atoms with Gasteiger partial charge < -0.3 is 14.7 Å². The van der Waals surface area contributed by atoms with Crippen molar-refractivity contribution in [2.75, 3.05) is 13.7 Å². The molecule has 6 atom stereocenters. The van der Waals surface area contributed by atoms with Crippen LogP contribution in [-0.4, -0.2) is 36.4 Å². The van der Waals surface area contributed by atoms with E-state index in [1.807, 2.05) is 0 Å². The van der Waals surface area contributed by atoms with Crippen LogP contribution in [0, 0.1) is 28.6 Å². The van der Waals surface area contributed by atoms with E-state index in [2.05, 4.69) is 40.1 Å². The zero-order valence-corrected chi connectivity index (χ0v) is 20.6. The molecule has 5 heteroatoms. The van der Waals surface area contributed by atoms with Crippen molar-refractivity contribution in [3.8, 4) is 0 Å². The first-order valence-corrected chi connectivity index (χ1v) is 12.5. The lowest BCUT2D eigenvalue weighted by atomic mass is 9.49. The minimum Gasteiger partial charge on any atom is -0.458 e. The Morgan fingerprint density at radius 1 is 1.32 bits per heavy atom. The third-order valence-corrected chi connectivity index (χ3v) is 9.30. The average Bonchev–Trinajstić information content (AvgIpc) is 3.26. The summed E-state index contributed by atoms with van der Waals surface area (Å²) in [6, 6.07) is 0.369. The molecule has 0 aromatic heterocycles. The van der Waals surface area contributed by atoms with Crippen LogP contribution in [0.25, 0.3) is 0 Å². The van der Waals surface area contributed by atoms with E-state index in [0.717, 1.165) is 63.4 Å². The molecule has 31 heavy (non-hydrogen) atoms. The summed E-state index contributed by atoms with van der Waals surface area (Å²) in [6.07, 6.45) is 11.0. The number of hydrogen-bond acceptors (Lipinski definition) is 5. The number of carbonyl (C=O) groups excluding carboxylic acids is 1. The summed E-state index contributed by atoms with van der Waals surface area (Å²) < 4.78 is 5.24. The predicted molar refractivity (Wildman–Crippen MR) is 123 cm³/mol. The smallest absolute Gasteiger partial charge is 0.331 e. The van der Waals surface area contributed by atoms with Gasteiger partial charge in [-0.15, -0.1) is 0 Å². The predicted octanol–water partition coefficient (Wildman–Crippen LogP) is 5.18. The van der Waals surface area contributed by atoms with Crippen LogP contribution >= 0.6 is 0 Å². The summed E-state index contributed by atoms with van der Waals surface area (Å²) >= 11 is 0. The second-order valence-electron chi connectivity index (χ2n) is 11.3. The molecule has 1 heterocycles. The maximum atomic E-state index is 12.3. The van der Waals surface area contributed by atoms with Crippen LogP contribution in [-0.2, 0) is 14.4 Å². The van der Waals surface area contributed by atoms with Gasteiger partial charge in [-0.05, 0) is 80.1 Å². The fraction of sp³-hybridized carbons (Fsp3) is 0.885. The summed E-state index contributed by atoms with van der Waals surface area (Å²) in [5, 5.41) is 12.3. The highest BCUT2D eigenvalue weighted by molar-refractivity contribution is 5.85. The number of fused-ring (bicyclic) bond motifs is 1. The van der Waals surface area contributed by atoms with Gasteiger partial charge in [0.25, 0.3) is 0 Å². The molecule has 0 saturated heterocycles. The Balaban J connectivity index is 1.83. The molecule has 0 radical (unpaired) electrons. The molecule has 2 saturated carbocycles. The minimum absolute atomic E-state index is 0.156. The molecule has 0 aromatic rings. The van der Waals surface area contributed by atoms with Gasteiger partial charge in [0.05, 0.1) is 12.7 Å². The van der Waals surface area contributed by atoms with Crippen LogP contribution in [0.15, 0.2) is 11.6 Å². The van der Waals surface area contributed by atoms with Crippen molar-refractivity contribution in [1.82, 2.24) is 5.48 Å². The third kappa shape index (κ3) is 4.47. The molecule has 2 aliphatic carbocycles. The number of nitrogens with one attached hydrogen (secondary N) is 1. The van der Waals surface area contributed by atoms with Gasteiger partial charge in [-0.2, -0.15) is 5.48 Å². The minimum atomic E-state index is -0.671. The molecule has 0 bridgehead atoms. The molecule has 1 aliphatic heterocycles. The SMILES string of the molecule is CCCC1C(C(C)(C)CC[C@H](CC)NOC)CC[C@]2(C)[C@@H](C3=CC(=O)OC3)CC[C@]12O. The van der Waals surface area contributed by atoms with E-state index in [1.54, 1.807) is 13.2 Å². The Bertz CT molecular complexity index is 674. The maximum Gasteiger partial charge on any atom is 0.331 e. The molecule has 2 fully saturated rings. The van der Waals surface area contributed by atoms with E-state index < -0.39 is 5.60 Å². The first-order valence-electron chi connectivity index (χ1n) is 12.5. The molecular weight excluding hydrogens is 390 g/mol. The van der Waals surface area contributed by atoms with Gasteiger partial charge in [0.15, 0.2) is 0 Å². The van der Waals surface area contributed by atoms with Crippen LogP contribution in [0.4, 0.5) is 0 Å². The normalized spacial score (nSPS) is 36.8. The Labute approximate surface area is 189 Å². The first-order chi connectivity index (χ1) is 14.6. The number of hydrogen-bond donors (Lipinski definition) is 2.